The van der Waals surface area contributed by atoms with E-state index in [1.807, 2.05) is 13.0 Å². The van der Waals surface area contributed by atoms with E-state index in [9.17, 15) is 9.59 Å². The number of aryl methyl sites for hydroxylation is 1. The highest BCUT2D eigenvalue weighted by molar-refractivity contribution is 9.11. The monoisotopic (exact) mass is 337 g/mol. The summed E-state index contributed by atoms with van der Waals surface area (Å²) < 4.78 is 0.980. The highest BCUT2D eigenvalue weighted by atomic mass is 79.9. The van der Waals surface area contributed by atoms with Crippen LogP contribution >= 0.6 is 27.3 Å². The molecule has 0 bridgehead atoms. The van der Waals surface area contributed by atoms with Gasteiger partial charge in [-0.05, 0) is 58.7 Å². The first-order valence-corrected chi connectivity index (χ1v) is 7.22. The Morgan fingerprint density at radius 2 is 1.95 bits per heavy atom. The van der Waals surface area contributed by atoms with Gasteiger partial charge in [0.05, 0.1) is 8.66 Å². The summed E-state index contributed by atoms with van der Waals surface area (Å²) in [7, 11) is 1.67. The lowest BCUT2D eigenvalue weighted by atomic mass is 10.1. The van der Waals surface area contributed by atoms with Crippen molar-refractivity contribution in [1.29, 1.82) is 0 Å². The molecule has 0 aliphatic heterocycles. The minimum absolute atomic E-state index is 0.000828. The predicted molar refractivity (Wildman–Crippen MR) is 81.1 cm³/mol. The Labute approximate surface area is 124 Å². The van der Waals surface area contributed by atoms with Crippen LogP contribution in [0.1, 0.15) is 20.8 Å². The number of hydrogen-bond acceptors (Lipinski definition) is 3. The summed E-state index contributed by atoms with van der Waals surface area (Å²) in [5.41, 5.74) is 2.44. The first-order chi connectivity index (χ1) is 9.02. The maximum Gasteiger partial charge on any atom is 0.213 e. The number of amides is 1. The molecule has 0 radical (unpaired) electrons. The number of nitrogens with zero attached hydrogens (tertiary/aromatic N) is 1. The Balaban J connectivity index is 2.27. The lowest BCUT2D eigenvalue weighted by Gasteiger charge is -2.10. The van der Waals surface area contributed by atoms with Crippen molar-refractivity contribution in [2.24, 2.45) is 0 Å². The Kier molecular flexibility index (Phi) is 4.17. The maximum absolute atomic E-state index is 12.3. The minimum Gasteiger partial charge on any atom is -0.318 e. The minimum atomic E-state index is -0.000828. The molecule has 98 valence electrons. The molecule has 5 heteroatoms. The summed E-state index contributed by atoms with van der Waals surface area (Å²) in [4.78, 5) is 25.1. The topological polar surface area (TPSA) is 37.4 Å². The molecule has 0 aliphatic rings. The molecule has 0 aliphatic carbocycles. The van der Waals surface area contributed by atoms with E-state index < -0.39 is 0 Å². The van der Waals surface area contributed by atoms with Gasteiger partial charge in [0.1, 0.15) is 0 Å². The van der Waals surface area contributed by atoms with Crippen LogP contribution in [0.25, 0.3) is 0 Å². The van der Waals surface area contributed by atoms with Gasteiger partial charge in [-0.2, -0.15) is 0 Å². The molecule has 0 spiro atoms. The average molecular weight is 338 g/mol. The normalized spacial score (nSPS) is 10.3. The van der Waals surface area contributed by atoms with Crippen LogP contribution in [0.4, 0.5) is 5.69 Å². The van der Waals surface area contributed by atoms with E-state index in [4.69, 9.17) is 0 Å². The molecule has 0 fully saturated rings. The first kappa shape index (κ1) is 14.0. The van der Waals surface area contributed by atoms with Gasteiger partial charge in [-0.1, -0.05) is 0 Å². The van der Waals surface area contributed by atoms with Crippen molar-refractivity contribution in [1.82, 2.24) is 0 Å². The quantitative estimate of drug-likeness (QED) is 0.630. The van der Waals surface area contributed by atoms with Crippen molar-refractivity contribution < 1.29 is 9.59 Å². The number of hydrogen-bond donors (Lipinski definition) is 0. The van der Waals surface area contributed by atoms with Gasteiger partial charge in [-0.15, -0.1) is 11.3 Å². The first-order valence-electron chi connectivity index (χ1n) is 5.61. The van der Waals surface area contributed by atoms with Crippen molar-refractivity contribution >= 4 is 45.1 Å². The molecule has 2 rings (SSSR count). The fraction of sp³-hybridized carbons (Fsp3) is 0.143. The van der Waals surface area contributed by atoms with Gasteiger partial charge in [0.2, 0.25) is 12.2 Å². The lowest BCUT2D eigenvalue weighted by molar-refractivity contribution is -0.107. The van der Waals surface area contributed by atoms with Crippen molar-refractivity contribution in [3.63, 3.8) is 0 Å². The van der Waals surface area contributed by atoms with Crippen LogP contribution in [-0.4, -0.2) is 19.2 Å². The second-order valence-electron chi connectivity index (χ2n) is 4.16. The Bertz CT molecular complexity index is 599. The smallest absolute Gasteiger partial charge is 0.213 e. The number of carbonyl (C=O) groups is 2. The highest BCUT2D eigenvalue weighted by Crippen LogP contribution is 2.29. The van der Waals surface area contributed by atoms with Crippen molar-refractivity contribution in [2.45, 2.75) is 6.92 Å². The zero-order chi connectivity index (χ0) is 14.0. The number of anilines is 1. The van der Waals surface area contributed by atoms with Crippen LogP contribution in [-0.2, 0) is 4.79 Å². The third kappa shape index (κ3) is 2.93. The molecule has 0 saturated carbocycles. The number of halogens is 1. The molecule has 0 saturated heterocycles. The van der Waals surface area contributed by atoms with Crippen molar-refractivity contribution in [2.75, 3.05) is 11.9 Å². The van der Waals surface area contributed by atoms with Crippen LogP contribution < -0.4 is 4.90 Å². The zero-order valence-electron chi connectivity index (χ0n) is 10.5. The summed E-state index contributed by atoms with van der Waals surface area (Å²) >= 11 is 4.85. The van der Waals surface area contributed by atoms with Gasteiger partial charge in [-0.25, -0.2) is 0 Å². The fourth-order valence-electron chi connectivity index (χ4n) is 1.62. The molecule has 0 unspecified atom stereocenters. The van der Waals surface area contributed by atoms with Crippen molar-refractivity contribution in [3.05, 3.63) is 50.1 Å². The third-order valence-corrected chi connectivity index (χ3v) is 4.91. The second kappa shape index (κ2) is 5.67. The maximum atomic E-state index is 12.3. The Morgan fingerprint density at radius 1 is 1.32 bits per heavy atom. The fourth-order valence-corrected chi connectivity index (χ4v) is 3.12. The average Bonchev–Trinajstić information content (AvgIpc) is 2.77. The number of rotatable bonds is 4. The molecule has 1 aromatic heterocycles. The van der Waals surface area contributed by atoms with Gasteiger partial charge in [-0.3, -0.25) is 9.59 Å². The second-order valence-corrected chi connectivity index (χ2v) is 6.53. The molecule has 1 amide bonds. The SMILES string of the molecule is Cc1cc(C(=O)c2ccc(N(C)C=O)cc2)sc1Br. The summed E-state index contributed by atoms with van der Waals surface area (Å²) in [5, 5.41) is 0. The standard InChI is InChI=1S/C14H12BrNO2S/c1-9-7-12(19-14(9)15)13(18)10-3-5-11(6-4-10)16(2)8-17/h3-8H,1-2H3. The summed E-state index contributed by atoms with van der Waals surface area (Å²) in [6.07, 6.45) is 0.733. The van der Waals surface area contributed by atoms with Gasteiger partial charge in [0.25, 0.3) is 0 Å². The van der Waals surface area contributed by atoms with E-state index >= 15 is 0 Å². The molecular formula is C14H12BrNO2S. The molecule has 1 aromatic carbocycles. The molecule has 3 nitrogen and oxygen atoms in total. The van der Waals surface area contributed by atoms with Gasteiger partial charge in [0, 0.05) is 18.3 Å². The van der Waals surface area contributed by atoms with E-state index in [0.29, 0.717) is 10.4 Å². The Morgan fingerprint density at radius 3 is 2.42 bits per heavy atom. The molecule has 1 heterocycles. The van der Waals surface area contributed by atoms with E-state index in [1.165, 1.54) is 16.2 Å². The van der Waals surface area contributed by atoms with Crippen LogP contribution in [0, 0.1) is 6.92 Å². The molecular weight excluding hydrogens is 326 g/mol. The van der Waals surface area contributed by atoms with Crippen LogP contribution in [0.5, 0.6) is 0 Å². The highest BCUT2D eigenvalue weighted by Gasteiger charge is 2.13. The van der Waals surface area contributed by atoms with E-state index in [0.717, 1.165) is 21.4 Å². The Hall–Kier alpha value is -1.46. The van der Waals surface area contributed by atoms with Crippen LogP contribution in [0.15, 0.2) is 34.1 Å². The van der Waals surface area contributed by atoms with Gasteiger partial charge < -0.3 is 4.90 Å². The van der Waals surface area contributed by atoms with E-state index in [1.54, 1.807) is 31.3 Å². The van der Waals surface area contributed by atoms with E-state index in [2.05, 4.69) is 15.9 Å². The summed E-state index contributed by atoms with van der Waals surface area (Å²) in [5.74, 6) is -0.000828. The molecule has 19 heavy (non-hydrogen) atoms. The lowest BCUT2D eigenvalue weighted by Crippen LogP contribution is -2.13. The summed E-state index contributed by atoms with van der Waals surface area (Å²) in [6.45, 7) is 1.96. The third-order valence-electron chi connectivity index (χ3n) is 2.78. The largest absolute Gasteiger partial charge is 0.318 e. The number of benzene rings is 1. The molecule has 0 N–H and O–H groups in total. The zero-order valence-corrected chi connectivity index (χ0v) is 12.9. The molecule has 2 aromatic rings. The van der Waals surface area contributed by atoms with Gasteiger partial charge >= 0.3 is 0 Å². The summed E-state index contributed by atoms with van der Waals surface area (Å²) in [6, 6.07) is 8.87. The number of carbonyl (C=O) groups excluding carboxylic acids is 2. The number of thiophene rings is 1. The van der Waals surface area contributed by atoms with Crippen molar-refractivity contribution in [3.8, 4) is 0 Å². The van der Waals surface area contributed by atoms with Gasteiger partial charge in [0.15, 0.2) is 0 Å². The number of ketones is 1. The predicted octanol–water partition coefficient (Wildman–Crippen LogP) is 3.64. The van der Waals surface area contributed by atoms with E-state index in [-0.39, 0.29) is 5.78 Å². The molecule has 0 atom stereocenters. The van der Waals surface area contributed by atoms with Crippen LogP contribution in [0.3, 0.4) is 0 Å². The van der Waals surface area contributed by atoms with Crippen LogP contribution in [0.2, 0.25) is 0 Å².